The molecule has 0 bridgehead atoms. The Kier molecular flexibility index (Phi) is 4.73. The number of amides is 1. The van der Waals surface area contributed by atoms with E-state index in [4.69, 9.17) is 5.11 Å². The molecule has 18 heavy (non-hydrogen) atoms. The molecule has 104 valence electrons. The minimum absolute atomic E-state index is 0.00588. The van der Waals surface area contributed by atoms with Gasteiger partial charge in [-0.15, -0.1) is 0 Å². The molecular weight excluding hydrogens is 232 g/mol. The van der Waals surface area contributed by atoms with Crippen LogP contribution in [-0.2, 0) is 9.59 Å². The molecule has 0 aromatic carbocycles. The summed E-state index contributed by atoms with van der Waals surface area (Å²) in [4.78, 5) is 25.1. The molecule has 2 unspecified atom stereocenters. The zero-order chi connectivity index (χ0) is 13.9. The van der Waals surface area contributed by atoms with Gasteiger partial charge in [-0.1, -0.05) is 20.8 Å². The predicted octanol–water partition coefficient (Wildman–Crippen LogP) is 0.944. The van der Waals surface area contributed by atoms with Gasteiger partial charge in [-0.2, -0.15) is 0 Å². The molecular formula is C13H24N2O3. The molecule has 0 aromatic rings. The highest BCUT2D eigenvalue weighted by Gasteiger charge is 2.32. The number of nitrogens with zero attached hydrogens (tertiary/aromatic N) is 1. The molecule has 0 radical (unpaired) electrons. The third kappa shape index (κ3) is 4.29. The van der Waals surface area contributed by atoms with Gasteiger partial charge in [0.05, 0.1) is 12.3 Å². The van der Waals surface area contributed by atoms with Gasteiger partial charge in [0.2, 0.25) is 5.91 Å². The van der Waals surface area contributed by atoms with E-state index in [0.29, 0.717) is 0 Å². The first kappa shape index (κ1) is 15.0. The fourth-order valence-electron chi connectivity index (χ4n) is 2.19. The van der Waals surface area contributed by atoms with Crippen molar-refractivity contribution >= 4 is 11.9 Å². The second kappa shape index (κ2) is 5.69. The van der Waals surface area contributed by atoms with Crippen LogP contribution in [0.5, 0.6) is 0 Å². The van der Waals surface area contributed by atoms with Crippen molar-refractivity contribution in [3.8, 4) is 0 Å². The van der Waals surface area contributed by atoms with Crippen molar-refractivity contribution in [2.75, 3.05) is 20.1 Å². The number of hydrogen-bond donors (Lipinski definition) is 2. The van der Waals surface area contributed by atoms with Crippen LogP contribution in [0.2, 0.25) is 0 Å². The summed E-state index contributed by atoms with van der Waals surface area (Å²) >= 11 is 0. The Morgan fingerprint density at radius 3 is 2.44 bits per heavy atom. The van der Waals surface area contributed by atoms with E-state index in [1.165, 1.54) is 0 Å². The van der Waals surface area contributed by atoms with E-state index in [9.17, 15) is 9.59 Å². The molecule has 1 heterocycles. The van der Waals surface area contributed by atoms with E-state index < -0.39 is 5.97 Å². The van der Waals surface area contributed by atoms with Gasteiger partial charge in [0.15, 0.2) is 0 Å². The maximum atomic E-state index is 12.1. The van der Waals surface area contributed by atoms with E-state index in [1.54, 1.807) is 0 Å². The maximum Gasteiger partial charge on any atom is 0.305 e. The summed E-state index contributed by atoms with van der Waals surface area (Å²) in [5, 5.41) is 11.8. The van der Waals surface area contributed by atoms with Crippen LogP contribution < -0.4 is 5.32 Å². The normalized spacial score (nSPS) is 22.8. The van der Waals surface area contributed by atoms with Crippen LogP contribution in [0.15, 0.2) is 0 Å². The molecule has 1 aliphatic heterocycles. The summed E-state index contributed by atoms with van der Waals surface area (Å²) < 4.78 is 0. The van der Waals surface area contributed by atoms with Gasteiger partial charge < -0.3 is 15.3 Å². The van der Waals surface area contributed by atoms with Crippen molar-refractivity contribution in [2.45, 2.75) is 39.7 Å². The Bertz CT molecular complexity index is 323. The summed E-state index contributed by atoms with van der Waals surface area (Å²) in [6.45, 7) is 7.53. The van der Waals surface area contributed by atoms with E-state index >= 15 is 0 Å². The smallest absolute Gasteiger partial charge is 0.305 e. The van der Waals surface area contributed by atoms with Gasteiger partial charge in [0, 0.05) is 12.6 Å². The molecule has 1 fully saturated rings. The van der Waals surface area contributed by atoms with Gasteiger partial charge in [0.1, 0.15) is 0 Å². The van der Waals surface area contributed by atoms with Crippen molar-refractivity contribution in [3.63, 3.8) is 0 Å². The average molecular weight is 256 g/mol. The number of carboxylic acid groups (broad SMARTS) is 1. The molecule has 5 nitrogen and oxygen atoms in total. The zero-order valence-corrected chi connectivity index (χ0v) is 11.7. The first-order valence-corrected chi connectivity index (χ1v) is 6.41. The first-order chi connectivity index (χ1) is 8.20. The number of carboxylic acids is 1. The Morgan fingerprint density at radius 1 is 1.44 bits per heavy atom. The molecule has 1 saturated heterocycles. The highest BCUT2D eigenvalue weighted by atomic mass is 16.4. The predicted molar refractivity (Wildman–Crippen MR) is 69.2 cm³/mol. The maximum absolute atomic E-state index is 12.1. The third-order valence-corrected chi connectivity index (χ3v) is 3.50. The summed E-state index contributed by atoms with van der Waals surface area (Å²) in [5.41, 5.74) is -0.251. The van der Waals surface area contributed by atoms with E-state index in [1.807, 2.05) is 27.8 Å². The summed E-state index contributed by atoms with van der Waals surface area (Å²) in [6.07, 6.45) is 0.823. The number of hydrogen-bond acceptors (Lipinski definition) is 3. The second-order valence-electron chi connectivity index (χ2n) is 6.27. The Balaban J connectivity index is 2.60. The highest BCUT2D eigenvalue weighted by molar-refractivity contribution is 5.80. The number of carbonyl (C=O) groups excluding carboxylic acids is 1. The molecule has 1 aliphatic rings. The molecule has 2 N–H and O–H groups in total. The van der Waals surface area contributed by atoms with Crippen LogP contribution in [0.25, 0.3) is 0 Å². The summed E-state index contributed by atoms with van der Waals surface area (Å²) in [5.74, 6) is -0.895. The number of nitrogens with one attached hydrogen (secondary N) is 1. The number of aliphatic carboxylic acids is 1. The number of rotatable bonds is 4. The van der Waals surface area contributed by atoms with E-state index in [-0.39, 0.29) is 29.7 Å². The highest BCUT2D eigenvalue weighted by Crippen LogP contribution is 2.23. The van der Waals surface area contributed by atoms with Gasteiger partial charge in [-0.3, -0.25) is 9.59 Å². The van der Waals surface area contributed by atoms with Gasteiger partial charge >= 0.3 is 5.97 Å². The molecule has 1 amide bonds. The molecule has 0 saturated carbocycles. The van der Waals surface area contributed by atoms with Gasteiger partial charge in [0.25, 0.3) is 0 Å². The average Bonchev–Trinajstić information content (AvgIpc) is 2.61. The van der Waals surface area contributed by atoms with Crippen LogP contribution in [0.3, 0.4) is 0 Å². The quantitative estimate of drug-likeness (QED) is 0.785. The number of carbonyl (C=O) groups is 2. The fraction of sp³-hybridized carbons (Fsp3) is 0.846. The van der Waals surface area contributed by atoms with Crippen LogP contribution >= 0.6 is 0 Å². The van der Waals surface area contributed by atoms with Crippen molar-refractivity contribution in [3.05, 3.63) is 0 Å². The fourth-order valence-corrected chi connectivity index (χ4v) is 2.19. The van der Waals surface area contributed by atoms with Crippen molar-refractivity contribution in [1.82, 2.24) is 10.2 Å². The summed E-state index contributed by atoms with van der Waals surface area (Å²) in [7, 11) is 1.99. The monoisotopic (exact) mass is 256 g/mol. The van der Waals surface area contributed by atoms with Crippen LogP contribution in [-0.4, -0.2) is 48.1 Å². The topological polar surface area (TPSA) is 69.6 Å². The summed E-state index contributed by atoms with van der Waals surface area (Å²) in [6, 6.07) is -0.326. The third-order valence-electron chi connectivity index (χ3n) is 3.50. The van der Waals surface area contributed by atoms with Gasteiger partial charge in [-0.05, 0) is 25.4 Å². The lowest BCUT2D eigenvalue weighted by Gasteiger charge is -2.31. The second-order valence-corrected chi connectivity index (χ2v) is 6.27. The minimum atomic E-state index is -0.876. The zero-order valence-electron chi connectivity index (χ0n) is 11.7. The van der Waals surface area contributed by atoms with E-state index in [0.717, 1.165) is 19.5 Å². The first-order valence-electron chi connectivity index (χ1n) is 6.41. The SMILES string of the molecule is CN1CCC(C(=O)NC(CC(=O)O)C(C)(C)C)C1. The van der Waals surface area contributed by atoms with Crippen LogP contribution in [0.4, 0.5) is 0 Å². The number of likely N-dealkylation sites (tertiary alicyclic amines) is 1. The Hall–Kier alpha value is -1.10. The lowest BCUT2D eigenvalue weighted by atomic mass is 9.84. The Labute approximate surface area is 109 Å². The van der Waals surface area contributed by atoms with E-state index in [2.05, 4.69) is 10.2 Å². The molecule has 0 aromatic heterocycles. The van der Waals surface area contributed by atoms with Crippen LogP contribution in [0, 0.1) is 11.3 Å². The molecule has 5 heteroatoms. The Morgan fingerprint density at radius 2 is 2.06 bits per heavy atom. The molecule has 2 atom stereocenters. The molecule has 0 spiro atoms. The van der Waals surface area contributed by atoms with Crippen molar-refractivity contribution in [1.29, 1.82) is 0 Å². The molecule has 1 rings (SSSR count). The lowest BCUT2D eigenvalue weighted by Crippen LogP contribution is -2.47. The van der Waals surface area contributed by atoms with Crippen LogP contribution in [0.1, 0.15) is 33.6 Å². The van der Waals surface area contributed by atoms with Crippen molar-refractivity contribution in [2.24, 2.45) is 11.3 Å². The van der Waals surface area contributed by atoms with Crippen molar-refractivity contribution < 1.29 is 14.7 Å². The van der Waals surface area contributed by atoms with Gasteiger partial charge in [-0.25, -0.2) is 0 Å². The lowest BCUT2D eigenvalue weighted by molar-refractivity contribution is -0.138. The minimum Gasteiger partial charge on any atom is -0.481 e. The standard InChI is InChI=1S/C13H24N2O3/c1-13(2,3)10(7-11(16)17)14-12(18)9-5-6-15(4)8-9/h9-10H,5-8H2,1-4H3,(H,14,18)(H,16,17). The largest absolute Gasteiger partial charge is 0.481 e. The molecule has 0 aliphatic carbocycles.